The molecule has 7 heteroatoms. The van der Waals surface area contributed by atoms with Crippen molar-refractivity contribution in [1.29, 1.82) is 0 Å². The summed E-state index contributed by atoms with van der Waals surface area (Å²) < 4.78 is 0. The minimum atomic E-state index is -0.361. The maximum atomic E-state index is 13.1. The van der Waals surface area contributed by atoms with Crippen molar-refractivity contribution >= 4 is 34.5 Å². The predicted octanol–water partition coefficient (Wildman–Crippen LogP) is 1.77. The number of fused-ring (bicyclic) bond motifs is 1. The van der Waals surface area contributed by atoms with Gasteiger partial charge in [-0.25, -0.2) is 0 Å². The third-order valence-corrected chi connectivity index (χ3v) is 5.63. The van der Waals surface area contributed by atoms with E-state index in [1.54, 1.807) is 47.4 Å². The number of hydrogen-bond acceptors (Lipinski definition) is 5. The first kappa shape index (κ1) is 15.4. The molecule has 0 bridgehead atoms. The molecule has 2 aliphatic heterocycles. The van der Waals surface area contributed by atoms with Gasteiger partial charge in [-0.15, -0.1) is 11.8 Å². The summed E-state index contributed by atoms with van der Waals surface area (Å²) in [7, 11) is 0. The Balaban J connectivity index is 1.64. The Hall–Kier alpha value is -2.15. The van der Waals surface area contributed by atoms with Gasteiger partial charge in [-0.3, -0.25) is 19.6 Å². The van der Waals surface area contributed by atoms with Gasteiger partial charge in [-0.2, -0.15) is 0 Å². The van der Waals surface area contributed by atoms with Crippen LogP contribution in [0.4, 0.5) is 0 Å². The van der Waals surface area contributed by atoms with Gasteiger partial charge in [0.15, 0.2) is 0 Å². The number of carbonyl (C=O) groups is 2. The van der Waals surface area contributed by atoms with Crippen molar-refractivity contribution in [2.24, 2.45) is 0 Å². The third-order valence-electron chi connectivity index (χ3n) is 4.62. The van der Waals surface area contributed by atoms with E-state index in [9.17, 15) is 9.59 Å². The molecule has 2 aromatic heterocycles. The maximum absolute atomic E-state index is 13.1. The molecule has 2 amide bonds. The van der Waals surface area contributed by atoms with E-state index in [1.165, 1.54) is 0 Å². The summed E-state index contributed by atoms with van der Waals surface area (Å²) in [6.07, 6.45) is 7.07. The van der Waals surface area contributed by atoms with Gasteiger partial charge < -0.3 is 9.80 Å². The Morgan fingerprint density at radius 3 is 2.83 bits per heavy atom. The van der Waals surface area contributed by atoms with Crippen LogP contribution in [-0.2, 0) is 4.79 Å². The molecule has 1 atom stereocenters. The summed E-state index contributed by atoms with van der Waals surface area (Å²) in [6.45, 7) is 1.62. The molecule has 4 heterocycles. The summed E-state index contributed by atoms with van der Waals surface area (Å²) in [5.41, 5.74) is 1.31. The Morgan fingerprint density at radius 1 is 1.17 bits per heavy atom. The summed E-state index contributed by atoms with van der Waals surface area (Å²) in [6, 6.07) is 3.14. The van der Waals surface area contributed by atoms with E-state index in [4.69, 9.17) is 0 Å². The number of rotatable bonds is 2. The van der Waals surface area contributed by atoms with E-state index < -0.39 is 0 Å². The molecule has 4 rings (SSSR count). The first-order valence-corrected chi connectivity index (χ1v) is 9.27. The quantitative estimate of drug-likeness (QED) is 0.832. The smallest absolute Gasteiger partial charge is 0.256 e. The lowest BCUT2D eigenvalue weighted by molar-refractivity contribution is -0.133. The van der Waals surface area contributed by atoms with Gasteiger partial charge in [-0.1, -0.05) is 0 Å². The van der Waals surface area contributed by atoms with E-state index in [0.717, 1.165) is 36.8 Å². The summed E-state index contributed by atoms with van der Waals surface area (Å²) in [5.74, 6) is 1.19. The van der Waals surface area contributed by atoms with Gasteiger partial charge in [0.05, 0.1) is 17.0 Å². The Kier molecular flexibility index (Phi) is 4.10. The minimum Gasteiger partial charge on any atom is -0.341 e. The van der Waals surface area contributed by atoms with Crippen molar-refractivity contribution < 1.29 is 9.59 Å². The fraction of sp³-hybridized carbons (Fsp3) is 0.412. The van der Waals surface area contributed by atoms with Crippen molar-refractivity contribution in [3.63, 3.8) is 0 Å². The number of carbonyl (C=O) groups excluding carboxylic acids is 2. The fourth-order valence-corrected chi connectivity index (χ4v) is 4.47. The molecule has 0 aromatic carbocycles. The Labute approximate surface area is 144 Å². The van der Waals surface area contributed by atoms with Gasteiger partial charge >= 0.3 is 0 Å². The number of thioether (sulfide) groups is 1. The lowest BCUT2D eigenvalue weighted by Crippen LogP contribution is -2.48. The van der Waals surface area contributed by atoms with Crippen LogP contribution in [0.5, 0.6) is 0 Å². The zero-order chi connectivity index (χ0) is 16.5. The second-order valence-electron chi connectivity index (χ2n) is 6.07. The Bertz CT molecular complexity index is 786. The first-order chi connectivity index (χ1) is 11.8. The van der Waals surface area contributed by atoms with E-state index in [-0.39, 0.29) is 17.9 Å². The van der Waals surface area contributed by atoms with Crippen molar-refractivity contribution in [1.82, 2.24) is 19.8 Å². The van der Waals surface area contributed by atoms with Crippen LogP contribution < -0.4 is 0 Å². The highest BCUT2D eigenvalue weighted by Crippen LogP contribution is 2.27. The highest BCUT2D eigenvalue weighted by molar-refractivity contribution is 7.99. The molecule has 0 N–H and O–H groups in total. The van der Waals surface area contributed by atoms with E-state index in [1.807, 2.05) is 4.90 Å². The lowest BCUT2D eigenvalue weighted by atomic mass is 10.1. The molecule has 0 radical (unpaired) electrons. The van der Waals surface area contributed by atoms with Crippen LogP contribution in [0.1, 0.15) is 23.2 Å². The zero-order valence-electron chi connectivity index (χ0n) is 13.2. The average molecular weight is 342 g/mol. The third kappa shape index (κ3) is 2.62. The number of aromatic nitrogens is 2. The normalized spacial score (nSPS) is 20.8. The predicted molar refractivity (Wildman–Crippen MR) is 92.6 cm³/mol. The van der Waals surface area contributed by atoms with Crippen LogP contribution in [0.25, 0.3) is 10.9 Å². The molecular formula is C17H18N4O2S. The molecule has 6 nitrogen and oxygen atoms in total. The van der Waals surface area contributed by atoms with Gasteiger partial charge in [0.1, 0.15) is 6.04 Å². The number of hydrogen-bond donors (Lipinski definition) is 0. The van der Waals surface area contributed by atoms with E-state index >= 15 is 0 Å². The SMILES string of the molecule is O=C(C1CSCN1C(=O)c1ccnc2ccncc12)N1CCCC1. The molecule has 24 heavy (non-hydrogen) atoms. The molecule has 124 valence electrons. The van der Waals surface area contributed by atoms with Gasteiger partial charge in [0, 0.05) is 42.8 Å². The molecule has 2 aliphatic rings. The van der Waals surface area contributed by atoms with E-state index in [2.05, 4.69) is 9.97 Å². The van der Waals surface area contributed by atoms with Crippen molar-refractivity contribution in [2.45, 2.75) is 18.9 Å². The molecule has 0 saturated carbocycles. The average Bonchev–Trinajstić information content (AvgIpc) is 3.31. The molecule has 0 aliphatic carbocycles. The molecule has 0 spiro atoms. The van der Waals surface area contributed by atoms with E-state index in [0.29, 0.717) is 17.2 Å². The van der Waals surface area contributed by atoms with Gasteiger partial charge in [0.2, 0.25) is 5.91 Å². The Morgan fingerprint density at radius 2 is 2.00 bits per heavy atom. The second-order valence-corrected chi connectivity index (χ2v) is 7.07. The fourth-order valence-electron chi connectivity index (χ4n) is 3.33. The number of amides is 2. The lowest BCUT2D eigenvalue weighted by Gasteiger charge is -2.27. The van der Waals surface area contributed by atoms with Crippen LogP contribution in [-0.4, -0.2) is 62.3 Å². The molecule has 2 saturated heterocycles. The molecule has 2 fully saturated rings. The topological polar surface area (TPSA) is 66.4 Å². The standard InChI is InChI=1S/C17H18N4O2S/c22-16(12-3-6-19-14-4-5-18-9-13(12)14)21-11-24-10-15(21)17(23)20-7-1-2-8-20/h3-6,9,15H,1-2,7-8,10-11H2. The summed E-state index contributed by atoms with van der Waals surface area (Å²) >= 11 is 1.63. The van der Waals surface area contributed by atoms with Crippen molar-refractivity contribution in [2.75, 3.05) is 24.7 Å². The number of nitrogens with zero attached hydrogens (tertiary/aromatic N) is 4. The highest BCUT2D eigenvalue weighted by atomic mass is 32.2. The van der Waals surface area contributed by atoms with Crippen LogP contribution >= 0.6 is 11.8 Å². The van der Waals surface area contributed by atoms with Crippen molar-refractivity contribution in [3.8, 4) is 0 Å². The summed E-state index contributed by atoms with van der Waals surface area (Å²) in [4.78, 5) is 37.8. The second kappa shape index (κ2) is 6.39. The van der Waals surface area contributed by atoms with Gasteiger partial charge in [-0.05, 0) is 25.0 Å². The van der Waals surface area contributed by atoms with Crippen LogP contribution in [0.3, 0.4) is 0 Å². The first-order valence-electron chi connectivity index (χ1n) is 8.12. The molecule has 2 aromatic rings. The highest BCUT2D eigenvalue weighted by Gasteiger charge is 2.38. The summed E-state index contributed by atoms with van der Waals surface area (Å²) in [5, 5.41) is 0.731. The van der Waals surface area contributed by atoms with Crippen LogP contribution in [0.2, 0.25) is 0 Å². The minimum absolute atomic E-state index is 0.0855. The molecular weight excluding hydrogens is 324 g/mol. The number of likely N-dealkylation sites (tertiary alicyclic amines) is 1. The van der Waals surface area contributed by atoms with Crippen LogP contribution in [0.15, 0.2) is 30.7 Å². The molecule has 1 unspecified atom stereocenters. The maximum Gasteiger partial charge on any atom is 0.256 e. The monoisotopic (exact) mass is 342 g/mol. The largest absolute Gasteiger partial charge is 0.341 e. The van der Waals surface area contributed by atoms with Crippen LogP contribution in [0, 0.1) is 0 Å². The van der Waals surface area contributed by atoms with Crippen molar-refractivity contribution in [3.05, 3.63) is 36.3 Å². The zero-order valence-corrected chi connectivity index (χ0v) is 14.0. The number of pyridine rings is 2. The van der Waals surface area contributed by atoms with Gasteiger partial charge in [0.25, 0.3) is 5.91 Å².